The molecule has 1 aromatic heterocycles. The van der Waals surface area contributed by atoms with Gasteiger partial charge in [0, 0.05) is 32.2 Å². The van der Waals surface area contributed by atoms with Crippen LogP contribution in [0.4, 0.5) is 0 Å². The van der Waals surface area contributed by atoms with E-state index in [1.165, 1.54) is 14.9 Å². The van der Waals surface area contributed by atoms with Crippen LogP contribution < -0.4 is 5.32 Å². The molecular weight excluding hydrogens is 354 g/mol. The van der Waals surface area contributed by atoms with Gasteiger partial charge in [-0.15, -0.1) is 11.3 Å². The van der Waals surface area contributed by atoms with E-state index in [9.17, 15) is 0 Å². The predicted molar refractivity (Wildman–Crippen MR) is 93.1 cm³/mol. The number of benzene rings is 1. The third-order valence-electron chi connectivity index (χ3n) is 3.23. The quantitative estimate of drug-likeness (QED) is 0.634. The molecule has 108 valence electrons. The summed E-state index contributed by atoms with van der Waals surface area (Å²) in [6.45, 7) is 4.27. The molecule has 0 bridgehead atoms. The fourth-order valence-corrected chi connectivity index (χ4v) is 3.86. The molecule has 2 aromatic rings. The second-order valence-corrected chi connectivity index (χ2v) is 7.24. The Morgan fingerprint density at radius 1 is 1.30 bits per heavy atom. The Morgan fingerprint density at radius 2 is 2.05 bits per heavy atom. The van der Waals surface area contributed by atoms with Crippen molar-refractivity contribution < 1.29 is 0 Å². The van der Waals surface area contributed by atoms with Crippen LogP contribution in [0.2, 0.25) is 5.02 Å². The van der Waals surface area contributed by atoms with Gasteiger partial charge in [-0.2, -0.15) is 0 Å². The van der Waals surface area contributed by atoms with Crippen molar-refractivity contribution in [2.45, 2.75) is 25.7 Å². The molecule has 0 fully saturated rings. The maximum Gasteiger partial charge on any atom is 0.0406 e. The van der Waals surface area contributed by atoms with E-state index >= 15 is 0 Å². The first-order valence-electron chi connectivity index (χ1n) is 6.88. The lowest BCUT2D eigenvalue weighted by atomic mass is 9.95. The summed E-state index contributed by atoms with van der Waals surface area (Å²) in [5.74, 6) is 0.490. The molecule has 0 amide bonds. The molecule has 0 aliphatic heterocycles. The molecular formula is C16H19BrClNS. The highest BCUT2D eigenvalue weighted by Gasteiger charge is 2.13. The molecule has 20 heavy (non-hydrogen) atoms. The summed E-state index contributed by atoms with van der Waals surface area (Å²) in [4.78, 5) is 1.41. The zero-order valence-electron chi connectivity index (χ0n) is 11.5. The van der Waals surface area contributed by atoms with Crippen molar-refractivity contribution in [3.8, 4) is 0 Å². The van der Waals surface area contributed by atoms with E-state index in [0.717, 1.165) is 31.0 Å². The fourth-order valence-electron chi connectivity index (χ4n) is 2.20. The SMILES string of the molecule is CCCNCC(Cc1cc(Br)cs1)c1ccc(Cl)cc1. The molecule has 0 aliphatic carbocycles. The maximum atomic E-state index is 5.99. The Bertz CT molecular complexity index is 524. The van der Waals surface area contributed by atoms with Gasteiger partial charge >= 0.3 is 0 Å². The largest absolute Gasteiger partial charge is 0.316 e. The molecule has 1 nitrogen and oxygen atoms in total. The fraction of sp³-hybridized carbons (Fsp3) is 0.375. The summed E-state index contributed by atoms with van der Waals surface area (Å²) in [5.41, 5.74) is 1.35. The summed E-state index contributed by atoms with van der Waals surface area (Å²) in [6, 6.07) is 10.5. The number of thiophene rings is 1. The molecule has 0 saturated carbocycles. The van der Waals surface area contributed by atoms with Crippen LogP contribution in [0.1, 0.15) is 29.7 Å². The van der Waals surface area contributed by atoms with Crippen LogP contribution in [0.5, 0.6) is 0 Å². The van der Waals surface area contributed by atoms with Gasteiger partial charge in [0.25, 0.3) is 0 Å². The lowest BCUT2D eigenvalue weighted by Crippen LogP contribution is -2.23. The van der Waals surface area contributed by atoms with E-state index in [1.54, 1.807) is 0 Å². The van der Waals surface area contributed by atoms with Crippen LogP contribution in [-0.2, 0) is 6.42 Å². The van der Waals surface area contributed by atoms with Gasteiger partial charge in [-0.05, 0) is 59.1 Å². The van der Waals surface area contributed by atoms with Gasteiger partial charge in [0.2, 0.25) is 0 Å². The Hall–Kier alpha value is -0.350. The minimum absolute atomic E-state index is 0.490. The highest BCUT2D eigenvalue weighted by Crippen LogP contribution is 2.27. The van der Waals surface area contributed by atoms with Crippen LogP contribution in [0.25, 0.3) is 0 Å². The number of halogens is 2. The molecule has 0 aliphatic rings. The molecule has 0 radical (unpaired) electrons. The molecule has 0 spiro atoms. The van der Waals surface area contributed by atoms with Crippen molar-refractivity contribution in [2.75, 3.05) is 13.1 Å². The highest BCUT2D eigenvalue weighted by atomic mass is 79.9. The average Bonchev–Trinajstić information content (AvgIpc) is 2.84. The molecule has 1 atom stereocenters. The molecule has 4 heteroatoms. The zero-order chi connectivity index (χ0) is 14.4. The molecule has 1 unspecified atom stereocenters. The van der Waals surface area contributed by atoms with Gasteiger partial charge in [0.15, 0.2) is 0 Å². The van der Waals surface area contributed by atoms with E-state index in [0.29, 0.717) is 5.92 Å². The smallest absolute Gasteiger partial charge is 0.0406 e. The van der Waals surface area contributed by atoms with E-state index in [2.05, 4.69) is 51.7 Å². The van der Waals surface area contributed by atoms with Crippen LogP contribution in [0.15, 0.2) is 40.2 Å². The number of hydrogen-bond acceptors (Lipinski definition) is 2. The average molecular weight is 373 g/mol. The molecule has 2 rings (SSSR count). The van der Waals surface area contributed by atoms with Crippen LogP contribution in [0.3, 0.4) is 0 Å². The number of nitrogens with one attached hydrogen (secondary N) is 1. The van der Waals surface area contributed by atoms with Crippen LogP contribution >= 0.6 is 38.9 Å². The van der Waals surface area contributed by atoms with E-state index in [1.807, 2.05) is 23.5 Å². The monoisotopic (exact) mass is 371 g/mol. The predicted octanol–water partition coefficient (Wildman–Crippen LogP) is 5.49. The summed E-state index contributed by atoms with van der Waals surface area (Å²) in [6.07, 6.45) is 2.23. The van der Waals surface area contributed by atoms with Gasteiger partial charge in [-0.1, -0.05) is 30.7 Å². The maximum absolute atomic E-state index is 5.99. The van der Waals surface area contributed by atoms with E-state index in [4.69, 9.17) is 11.6 Å². The van der Waals surface area contributed by atoms with Crippen molar-refractivity contribution in [1.82, 2.24) is 5.32 Å². The summed E-state index contributed by atoms with van der Waals surface area (Å²) >= 11 is 11.3. The minimum atomic E-state index is 0.490. The second kappa shape index (κ2) is 8.18. The van der Waals surface area contributed by atoms with Crippen molar-refractivity contribution >= 4 is 38.9 Å². The molecule has 1 aromatic carbocycles. The number of rotatable bonds is 7. The van der Waals surface area contributed by atoms with Crippen LogP contribution in [0, 0.1) is 0 Å². The van der Waals surface area contributed by atoms with E-state index in [-0.39, 0.29) is 0 Å². The number of hydrogen-bond donors (Lipinski definition) is 1. The third-order valence-corrected chi connectivity index (χ3v) is 5.20. The van der Waals surface area contributed by atoms with Crippen molar-refractivity contribution in [1.29, 1.82) is 0 Å². The minimum Gasteiger partial charge on any atom is -0.316 e. The Kier molecular flexibility index (Phi) is 6.56. The Labute approximate surface area is 138 Å². The van der Waals surface area contributed by atoms with Gasteiger partial charge < -0.3 is 5.32 Å². The van der Waals surface area contributed by atoms with Crippen molar-refractivity contribution in [3.05, 3.63) is 55.6 Å². The molecule has 0 saturated heterocycles. The third kappa shape index (κ3) is 4.88. The van der Waals surface area contributed by atoms with E-state index < -0.39 is 0 Å². The summed E-state index contributed by atoms with van der Waals surface area (Å²) < 4.78 is 1.17. The Balaban J connectivity index is 2.09. The topological polar surface area (TPSA) is 12.0 Å². The molecule has 1 heterocycles. The zero-order valence-corrected chi connectivity index (χ0v) is 14.7. The summed E-state index contributed by atoms with van der Waals surface area (Å²) in [7, 11) is 0. The first-order chi connectivity index (χ1) is 9.69. The lowest BCUT2D eigenvalue weighted by Gasteiger charge is -2.17. The first-order valence-corrected chi connectivity index (χ1v) is 8.93. The second-order valence-electron chi connectivity index (χ2n) is 4.89. The normalized spacial score (nSPS) is 12.6. The van der Waals surface area contributed by atoms with Gasteiger partial charge in [-0.3, -0.25) is 0 Å². The Morgan fingerprint density at radius 3 is 2.65 bits per heavy atom. The molecule has 1 N–H and O–H groups in total. The highest BCUT2D eigenvalue weighted by molar-refractivity contribution is 9.10. The van der Waals surface area contributed by atoms with Crippen molar-refractivity contribution in [2.24, 2.45) is 0 Å². The van der Waals surface area contributed by atoms with Crippen molar-refractivity contribution in [3.63, 3.8) is 0 Å². The van der Waals surface area contributed by atoms with Gasteiger partial charge in [0.05, 0.1) is 0 Å². The lowest BCUT2D eigenvalue weighted by molar-refractivity contribution is 0.579. The standard InChI is InChI=1S/C16H19BrClNS/c1-2-7-19-10-13(8-16-9-14(17)11-20-16)12-3-5-15(18)6-4-12/h3-6,9,11,13,19H,2,7-8,10H2,1H3. The first kappa shape index (κ1) is 16.0. The van der Waals surface area contributed by atoms with Gasteiger partial charge in [-0.25, -0.2) is 0 Å². The van der Waals surface area contributed by atoms with Crippen LogP contribution in [-0.4, -0.2) is 13.1 Å². The summed E-state index contributed by atoms with van der Waals surface area (Å²) in [5, 5.41) is 6.48. The van der Waals surface area contributed by atoms with Gasteiger partial charge in [0.1, 0.15) is 0 Å².